The number of carboxylic acid groups (broad SMARTS) is 1. The van der Waals surface area contributed by atoms with E-state index in [-0.39, 0.29) is 18.2 Å². The Morgan fingerprint density at radius 1 is 1.20 bits per heavy atom. The van der Waals surface area contributed by atoms with Crippen LogP contribution in [0.4, 0.5) is 0 Å². The highest BCUT2D eigenvalue weighted by Crippen LogP contribution is 2.05. The fraction of sp³-hybridized carbons (Fsp3) is 0.769. The van der Waals surface area contributed by atoms with Crippen LogP contribution in [0.25, 0.3) is 0 Å². The fourth-order valence-electron chi connectivity index (χ4n) is 1.70. The lowest BCUT2D eigenvalue weighted by atomic mass is 10.0. The lowest BCUT2D eigenvalue weighted by Crippen LogP contribution is -2.53. The molecular weight excluding hydrogens is 264 g/mol. The van der Waals surface area contributed by atoms with Crippen LogP contribution < -0.4 is 10.6 Å². The molecule has 0 rings (SSSR count). The Bertz CT molecular complexity index is 344. The van der Waals surface area contributed by atoms with E-state index < -0.39 is 24.0 Å². The Kier molecular flexibility index (Phi) is 8.54. The van der Waals surface area contributed by atoms with Gasteiger partial charge in [-0.25, -0.2) is 4.79 Å². The molecule has 2 unspecified atom stereocenters. The van der Waals surface area contributed by atoms with Gasteiger partial charge in [0, 0.05) is 20.6 Å². The van der Waals surface area contributed by atoms with Crippen molar-refractivity contribution in [1.82, 2.24) is 10.6 Å². The number of hydrogen-bond acceptors (Lipinski definition) is 4. The largest absolute Gasteiger partial charge is 0.480 e. The molecule has 0 saturated heterocycles. The van der Waals surface area contributed by atoms with E-state index in [4.69, 9.17) is 9.84 Å². The third kappa shape index (κ3) is 7.08. The maximum Gasteiger partial charge on any atom is 0.326 e. The standard InChI is InChI=1S/C13H24N2O5/c1-8(2)11(14-9(3)16)12(17)15-10(13(18)19)6-5-7-20-4/h8,10-11H,5-7H2,1-4H3,(H,14,16)(H,15,17)(H,18,19). The zero-order chi connectivity index (χ0) is 15.7. The quantitative estimate of drug-likeness (QED) is 0.524. The highest BCUT2D eigenvalue weighted by atomic mass is 16.5. The number of carbonyl (C=O) groups is 3. The summed E-state index contributed by atoms with van der Waals surface area (Å²) in [6, 6.07) is -1.72. The molecule has 116 valence electrons. The number of ether oxygens (including phenoxy) is 1. The summed E-state index contributed by atoms with van der Waals surface area (Å²) < 4.78 is 4.85. The molecule has 2 amide bonds. The van der Waals surface area contributed by atoms with Gasteiger partial charge in [-0.2, -0.15) is 0 Å². The van der Waals surface area contributed by atoms with E-state index in [0.29, 0.717) is 13.0 Å². The van der Waals surface area contributed by atoms with Crippen LogP contribution in [0.15, 0.2) is 0 Å². The van der Waals surface area contributed by atoms with Crippen molar-refractivity contribution < 1.29 is 24.2 Å². The molecule has 0 fully saturated rings. The number of carboxylic acids is 1. The average molecular weight is 288 g/mol. The molecule has 0 aliphatic rings. The highest BCUT2D eigenvalue weighted by Gasteiger charge is 2.27. The first-order valence-electron chi connectivity index (χ1n) is 6.58. The fourth-order valence-corrected chi connectivity index (χ4v) is 1.70. The maximum atomic E-state index is 12.0. The van der Waals surface area contributed by atoms with Gasteiger partial charge in [-0.1, -0.05) is 13.8 Å². The number of amides is 2. The van der Waals surface area contributed by atoms with Crippen molar-refractivity contribution in [2.45, 2.75) is 45.7 Å². The number of rotatable bonds is 9. The van der Waals surface area contributed by atoms with Gasteiger partial charge >= 0.3 is 5.97 Å². The van der Waals surface area contributed by atoms with Gasteiger partial charge < -0.3 is 20.5 Å². The maximum absolute atomic E-state index is 12.0. The van der Waals surface area contributed by atoms with Crippen LogP contribution >= 0.6 is 0 Å². The molecule has 7 nitrogen and oxygen atoms in total. The summed E-state index contributed by atoms with van der Waals surface area (Å²) >= 11 is 0. The molecule has 0 bridgehead atoms. The van der Waals surface area contributed by atoms with Crippen LogP contribution in [0.5, 0.6) is 0 Å². The van der Waals surface area contributed by atoms with Crippen molar-refractivity contribution in [3.63, 3.8) is 0 Å². The Morgan fingerprint density at radius 3 is 2.20 bits per heavy atom. The SMILES string of the molecule is COCCCC(NC(=O)C(NC(C)=O)C(C)C)C(=O)O. The molecule has 0 aromatic heterocycles. The van der Waals surface area contributed by atoms with Crippen LogP contribution in [0.3, 0.4) is 0 Å². The Morgan fingerprint density at radius 2 is 1.80 bits per heavy atom. The monoisotopic (exact) mass is 288 g/mol. The summed E-state index contributed by atoms with van der Waals surface area (Å²) in [7, 11) is 1.53. The summed E-state index contributed by atoms with van der Waals surface area (Å²) in [6.45, 7) is 5.30. The second-order valence-electron chi connectivity index (χ2n) is 4.96. The minimum absolute atomic E-state index is 0.132. The van der Waals surface area contributed by atoms with Gasteiger partial charge in [0.05, 0.1) is 0 Å². The summed E-state index contributed by atoms with van der Waals surface area (Å²) in [6.07, 6.45) is 0.806. The van der Waals surface area contributed by atoms with Crippen molar-refractivity contribution in [3.05, 3.63) is 0 Å². The number of methoxy groups -OCH3 is 1. The van der Waals surface area contributed by atoms with Crippen LogP contribution in [-0.4, -0.2) is 48.7 Å². The van der Waals surface area contributed by atoms with Gasteiger partial charge in [-0.3, -0.25) is 9.59 Å². The zero-order valence-corrected chi connectivity index (χ0v) is 12.4. The van der Waals surface area contributed by atoms with Gasteiger partial charge in [0.15, 0.2) is 0 Å². The molecule has 7 heteroatoms. The van der Waals surface area contributed by atoms with Crippen molar-refractivity contribution in [2.24, 2.45) is 5.92 Å². The second-order valence-corrected chi connectivity index (χ2v) is 4.96. The van der Waals surface area contributed by atoms with Gasteiger partial charge in [0.1, 0.15) is 12.1 Å². The van der Waals surface area contributed by atoms with Crippen molar-refractivity contribution in [3.8, 4) is 0 Å². The summed E-state index contributed by atoms with van der Waals surface area (Å²) in [5.41, 5.74) is 0. The lowest BCUT2D eigenvalue weighted by Gasteiger charge is -2.23. The Hall–Kier alpha value is -1.63. The first-order valence-corrected chi connectivity index (χ1v) is 6.58. The lowest BCUT2D eigenvalue weighted by molar-refractivity contribution is -0.142. The van der Waals surface area contributed by atoms with Crippen LogP contribution in [0.2, 0.25) is 0 Å². The van der Waals surface area contributed by atoms with E-state index in [2.05, 4.69) is 10.6 Å². The predicted octanol–water partition coefficient (Wildman–Crippen LogP) is 0.143. The molecule has 0 aliphatic carbocycles. The molecule has 0 saturated carbocycles. The van der Waals surface area contributed by atoms with Gasteiger partial charge in [-0.15, -0.1) is 0 Å². The zero-order valence-electron chi connectivity index (χ0n) is 12.4. The predicted molar refractivity (Wildman–Crippen MR) is 73.1 cm³/mol. The normalized spacial score (nSPS) is 13.7. The minimum Gasteiger partial charge on any atom is -0.480 e. The third-order valence-corrected chi connectivity index (χ3v) is 2.76. The van der Waals surface area contributed by atoms with E-state index in [1.165, 1.54) is 14.0 Å². The minimum atomic E-state index is -1.10. The third-order valence-electron chi connectivity index (χ3n) is 2.76. The number of aliphatic carboxylic acids is 1. The van der Waals surface area contributed by atoms with Crippen molar-refractivity contribution in [1.29, 1.82) is 0 Å². The smallest absolute Gasteiger partial charge is 0.326 e. The van der Waals surface area contributed by atoms with Crippen LogP contribution in [0, 0.1) is 5.92 Å². The molecular formula is C13H24N2O5. The molecule has 0 heterocycles. The number of nitrogens with one attached hydrogen (secondary N) is 2. The molecule has 0 aromatic rings. The Balaban J connectivity index is 4.61. The van der Waals surface area contributed by atoms with Gasteiger partial charge in [0.2, 0.25) is 11.8 Å². The van der Waals surface area contributed by atoms with Gasteiger partial charge in [-0.05, 0) is 18.8 Å². The van der Waals surface area contributed by atoms with E-state index in [0.717, 1.165) is 0 Å². The molecule has 0 spiro atoms. The topological polar surface area (TPSA) is 105 Å². The van der Waals surface area contributed by atoms with Crippen LogP contribution in [0.1, 0.15) is 33.6 Å². The second kappa shape index (κ2) is 9.30. The number of hydrogen-bond donors (Lipinski definition) is 3. The van der Waals surface area contributed by atoms with E-state index in [1.807, 2.05) is 0 Å². The summed E-state index contributed by atoms with van der Waals surface area (Å²) in [5, 5.41) is 14.1. The first kappa shape index (κ1) is 18.4. The average Bonchev–Trinajstić information content (AvgIpc) is 2.33. The molecule has 20 heavy (non-hydrogen) atoms. The molecule has 3 N–H and O–H groups in total. The van der Waals surface area contributed by atoms with Gasteiger partial charge in [0.25, 0.3) is 0 Å². The van der Waals surface area contributed by atoms with Crippen molar-refractivity contribution in [2.75, 3.05) is 13.7 Å². The number of carbonyl (C=O) groups excluding carboxylic acids is 2. The molecule has 2 atom stereocenters. The molecule has 0 radical (unpaired) electrons. The van der Waals surface area contributed by atoms with E-state index in [9.17, 15) is 14.4 Å². The first-order chi connectivity index (χ1) is 9.29. The van der Waals surface area contributed by atoms with Crippen LogP contribution in [-0.2, 0) is 19.1 Å². The van der Waals surface area contributed by atoms with Crippen molar-refractivity contribution >= 4 is 17.8 Å². The summed E-state index contributed by atoms with van der Waals surface area (Å²) in [4.78, 5) is 34.2. The van der Waals surface area contributed by atoms with E-state index >= 15 is 0 Å². The highest BCUT2D eigenvalue weighted by molar-refractivity contribution is 5.90. The molecule has 0 aliphatic heterocycles. The van der Waals surface area contributed by atoms with E-state index in [1.54, 1.807) is 13.8 Å². The summed E-state index contributed by atoms with van der Waals surface area (Å²) in [5.74, 6) is -2.04. The Labute approximate surface area is 119 Å². The molecule has 0 aromatic carbocycles.